The highest BCUT2D eigenvalue weighted by Gasteiger charge is 2.14. The van der Waals surface area contributed by atoms with E-state index in [0.717, 1.165) is 5.56 Å². The summed E-state index contributed by atoms with van der Waals surface area (Å²) >= 11 is 0. The molecule has 92 valence electrons. The van der Waals surface area contributed by atoms with Crippen molar-refractivity contribution in [3.8, 4) is 5.75 Å². The Hall–Kier alpha value is -2.12. The van der Waals surface area contributed by atoms with Gasteiger partial charge in [-0.1, -0.05) is 6.07 Å². The average molecular weight is 245 g/mol. The molecule has 7 heteroatoms. The van der Waals surface area contributed by atoms with Crippen LogP contribution in [0.1, 0.15) is 5.56 Å². The summed E-state index contributed by atoms with van der Waals surface area (Å²) in [5.41, 5.74) is 6.75. The van der Waals surface area contributed by atoms with Crippen LogP contribution < -0.4 is 15.9 Å². The minimum Gasteiger partial charge on any atom is -0.485 e. The van der Waals surface area contributed by atoms with E-state index in [-0.39, 0.29) is 17.9 Å². The molecule has 2 heterocycles. The fourth-order valence-corrected chi connectivity index (χ4v) is 1.37. The lowest BCUT2D eigenvalue weighted by molar-refractivity contribution is 0.306. The molecule has 2 aromatic rings. The molecule has 0 saturated carbocycles. The van der Waals surface area contributed by atoms with Gasteiger partial charge in [-0.15, -0.1) is 0 Å². The molecule has 0 amide bonds. The van der Waals surface area contributed by atoms with Crippen LogP contribution in [0.2, 0.25) is 0 Å². The molecule has 0 saturated heterocycles. The van der Waals surface area contributed by atoms with Crippen LogP contribution in [0.3, 0.4) is 0 Å². The molecule has 0 radical (unpaired) electrons. The third-order valence-corrected chi connectivity index (χ3v) is 2.32. The summed E-state index contributed by atoms with van der Waals surface area (Å²) in [6, 6.07) is 5.11. The zero-order chi connectivity index (χ0) is 13.0. The maximum Gasteiger partial charge on any atom is 0.490 e. The van der Waals surface area contributed by atoms with E-state index in [9.17, 15) is 0 Å². The smallest absolute Gasteiger partial charge is 0.485 e. The van der Waals surface area contributed by atoms with Gasteiger partial charge in [-0.3, -0.25) is 4.98 Å². The number of aromatic nitrogens is 2. The van der Waals surface area contributed by atoms with Gasteiger partial charge in [0.2, 0.25) is 0 Å². The zero-order valence-electron chi connectivity index (χ0n) is 9.52. The molecule has 0 spiro atoms. The molecule has 2 rings (SSSR count). The summed E-state index contributed by atoms with van der Waals surface area (Å²) in [7, 11) is -1.60. The number of pyridine rings is 2. The van der Waals surface area contributed by atoms with Crippen molar-refractivity contribution < 1.29 is 14.8 Å². The molecule has 0 atom stereocenters. The Labute approximate surface area is 104 Å². The summed E-state index contributed by atoms with van der Waals surface area (Å²) < 4.78 is 5.46. The Bertz CT molecular complexity index is 522. The number of ether oxygens (including phenoxy) is 1. The minimum atomic E-state index is -1.60. The van der Waals surface area contributed by atoms with E-state index >= 15 is 0 Å². The van der Waals surface area contributed by atoms with Crippen LogP contribution >= 0.6 is 0 Å². The van der Waals surface area contributed by atoms with Crippen molar-refractivity contribution in [1.29, 1.82) is 0 Å². The number of hydrogen-bond acceptors (Lipinski definition) is 6. The molecule has 6 nitrogen and oxygen atoms in total. The van der Waals surface area contributed by atoms with E-state index in [0.29, 0.717) is 5.75 Å². The van der Waals surface area contributed by atoms with Crippen molar-refractivity contribution in [2.24, 2.45) is 0 Å². The topological polar surface area (TPSA) is 101 Å². The first-order valence-electron chi connectivity index (χ1n) is 5.30. The first-order chi connectivity index (χ1) is 8.66. The van der Waals surface area contributed by atoms with Crippen molar-refractivity contribution >= 4 is 18.4 Å². The lowest BCUT2D eigenvalue weighted by atomic mass is 9.81. The highest BCUT2D eigenvalue weighted by Crippen LogP contribution is 2.17. The van der Waals surface area contributed by atoms with Gasteiger partial charge in [-0.2, -0.15) is 0 Å². The van der Waals surface area contributed by atoms with Gasteiger partial charge in [0, 0.05) is 29.6 Å². The summed E-state index contributed by atoms with van der Waals surface area (Å²) in [6.45, 7) is 0.282. The molecular formula is C11H12BN3O3. The molecule has 0 aliphatic heterocycles. The molecule has 0 aliphatic carbocycles. The standard InChI is InChI=1S/C11H12BN3O3/c13-11-10(4-9(6-15-11)12(16)17)18-7-8-2-1-3-14-5-8/h1-6,16-17H,7H2,(H2,13,15). The second kappa shape index (κ2) is 5.48. The van der Waals surface area contributed by atoms with Gasteiger partial charge in [-0.25, -0.2) is 4.98 Å². The van der Waals surface area contributed by atoms with Gasteiger partial charge in [0.05, 0.1) is 0 Å². The monoisotopic (exact) mass is 245 g/mol. The molecule has 4 N–H and O–H groups in total. The first kappa shape index (κ1) is 12.3. The van der Waals surface area contributed by atoms with Crippen LogP contribution in [0.25, 0.3) is 0 Å². The fraction of sp³-hybridized carbons (Fsp3) is 0.0909. The van der Waals surface area contributed by atoms with Gasteiger partial charge in [0.1, 0.15) is 6.61 Å². The van der Waals surface area contributed by atoms with E-state index in [4.69, 9.17) is 20.5 Å². The predicted octanol–water partition coefficient (Wildman–Crippen LogP) is -0.682. The summed E-state index contributed by atoms with van der Waals surface area (Å²) in [4.78, 5) is 7.79. The number of nitrogens with zero attached hydrogens (tertiary/aromatic N) is 2. The maximum atomic E-state index is 9.03. The summed E-state index contributed by atoms with van der Waals surface area (Å²) in [5, 5.41) is 18.1. The third-order valence-electron chi connectivity index (χ3n) is 2.32. The molecule has 2 aromatic heterocycles. The molecule has 0 aliphatic rings. The molecule has 0 bridgehead atoms. The maximum absolute atomic E-state index is 9.03. The number of nitrogens with two attached hydrogens (primary N) is 1. The molecule has 0 unspecified atom stereocenters. The summed E-state index contributed by atoms with van der Waals surface area (Å²) in [5.74, 6) is 0.507. The number of nitrogen functional groups attached to an aromatic ring is 1. The average Bonchev–Trinajstić information content (AvgIpc) is 2.38. The van der Waals surface area contributed by atoms with E-state index in [2.05, 4.69) is 9.97 Å². The molecular weight excluding hydrogens is 233 g/mol. The Balaban J connectivity index is 2.11. The fourth-order valence-electron chi connectivity index (χ4n) is 1.37. The van der Waals surface area contributed by atoms with Crippen LogP contribution in [-0.4, -0.2) is 27.1 Å². The van der Waals surface area contributed by atoms with Crippen LogP contribution in [0.5, 0.6) is 5.75 Å². The second-order valence-electron chi connectivity index (χ2n) is 3.68. The van der Waals surface area contributed by atoms with Crippen molar-refractivity contribution in [1.82, 2.24) is 9.97 Å². The largest absolute Gasteiger partial charge is 0.490 e. The van der Waals surface area contributed by atoms with Gasteiger partial charge >= 0.3 is 7.12 Å². The molecule has 18 heavy (non-hydrogen) atoms. The zero-order valence-corrected chi connectivity index (χ0v) is 9.52. The van der Waals surface area contributed by atoms with Crippen molar-refractivity contribution in [2.45, 2.75) is 6.61 Å². The summed E-state index contributed by atoms with van der Waals surface area (Å²) in [6.07, 6.45) is 4.63. The Morgan fingerprint density at radius 1 is 1.33 bits per heavy atom. The highest BCUT2D eigenvalue weighted by atomic mass is 16.5. The van der Waals surface area contributed by atoms with Crippen molar-refractivity contribution in [3.63, 3.8) is 0 Å². The lowest BCUT2D eigenvalue weighted by Crippen LogP contribution is -2.30. The number of rotatable bonds is 4. The Kier molecular flexibility index (Phi) is 3.76. The van der Waals surface area contributed by atoms with Crippen molar-refractivity contribution in [3.05, 3.63) is 42.4 Å². The first-order valence-corrected chi connectivity index (χ1v) is 5.30. The van der Waals surface area contributed by atoms with Crippen LogP contribution in [0, 0.1) is 0 Å². The van der Waals surface area contributed by atoms with Crippen LogP contribution in [0.15, 0.2) is 36.8 Å². The SMILES string of the molecule is Nc1ncc(B(O)O)cc1OCc1cccnc1. The third kappa shape index (κ3) is 2.96. The van der Waals surface area contributed by atoms with Gasteiger partial charge in [0.25, 0.3) is 0 Å². The number of anilines is 1. The van der Waals surface area contributed by atoms with E-state index in [1.165, 1.54) is 12.3 Å². The Morgan fingerprint density at radius 3 is 2.83 bits per heavy atom. The van der Waals surface area contributed by atoms with Crippen molar-refractivity contribution in [2.75, 3.05) is 5.73 Å². The molecule has 0 aromatic carbocycles. The van der Waals surface area contributed by atoms with E-state index in [1.54, 1.807) is 18.5 Å². The highest BCUT2D eigenvalue weighted by molar-refractivity contribution is 6.58. The normalized spacial score (nSPS) is 10.1. The molecule has 0 fully saturated rings. The Morgan fingerprint density at radius 2 is 2.17 bits per heavy atom. The minimum absolute atomic E-state index is 0.197. The van der Waals surface area contributed by atoms with Gasteiger partial charge < -0.3 is 20.5 Å². The van der Waals surface area contributed by atoms with Crippen LogP contribution in [0.4, 0.5) is 5.82 Å². The van der Waals surface area contributed by atoms with E-state index in [1.807, 2.05) is 6.07 Å². The van der Waals surface area contributed by atoms with Crippen LogP contribution in [-0.2, 0) is 6.61 Å². The number of hydrogen-bond donors (Lipinski definition) is 3. The quantitative estimate of drug-likeness (QED) is 0.617. The van der Waals surface area contributed by atoms with Gasteiger partial charge in [0.15, 0.2) is 11.6 Å². The second-order valence-corrected chi connectivity index (χ2v) is 3.68. The lowest BCUT2D eigenvalue weighted by Gasteiger charge is -2.09. The van der Waals surface area contributed by atoms with Gasteiger partial charge in [-0.05, 0) is 12.1 Å². The predicted molar refractivity (Wildman–Crippen MR) is 67.0 cm³/mol. The van der Waals surface area contributed by atoms with E-state index < -0.39 is 7.12 Å².